The van der Waals surface area contributed by atoms with Crippen LogP contribution in [0.15, 0.2) is 54.7 Å². The molecule has 3 aromatic rings. The third-order valence-corrected chi connectivity index (χ3v) is 8.11. The van der Waals surface area contributed by atoms with Crippen LogP contribution >= 0.6 is 35.3 Å². The van der Waals surface area contributed by atoms with Gasteiger partial charge in [-0.2, -0.15) is 0 Å². The summed E-state index contributed by atoms with van der Waals surface area (Å²) in [6.45, 7) is 2.17. The van der Waals surface area contributed by atoms with Crippen LogP contribution in [0.1, 0.15) is 47.2 Å². The normalized spacial score (nSPS) is 26.3. The minimum absolute atomic E-state index is 0. The van der Waals surface area contributed by atoms with E-state index in [2.05, 4.69) is 61.5 Å². The first kappa shape index (κ1) is 20.9. The number of hydrogen-bond acceptors (Lipinski definition) is 3. The summed E-state index contributed by atoms with van der Waals surface area (Å²) < 4.78 is 0. The third-order valence-electron chi connectivity index (χ3n) is 6.71. The summed E-state index contributed by atoms with van der Waals surface area (Å²) in [4.78, 5) is 8.80. The summed E-state index contributed by atoms with van der Waals surface area (Å²) in [6, 6.07) is 18.6. The molecule has 0 amide bonds. The second kappa shape index (κ2) is 8.39. The van der Waals surface area contributed by atoms with E-state index in [-0.39, 0.29) is 12.4 Å². The van der Waals surface area contributed by atoms with Crippen molar-refractivity contribution in [1.29, 1.82) is 0 Å². The van der Waals surface area contributed by atoms with Crippen LogP contribution in [0.5, 0.6) is 0 Å². The minimum Gasteiger partial charge on any atom is -0.300 e. The van der Waals surface area contributed by atoms with Gasteiger partial charge in [0.05, 0.1) is 9.88 Å². The Morgan fingerprint density at radius 1 is 1.03 bits per heavy atom. The van der Waals surface area contributed by atoms with Crippen molar-refractivity contribution in [2.75, 3.05) is 7.05 Å². The van der Waals surface area contributed by atoms with Gasteiger partial charge in [0.2, 0.25) is 0 Å². The summed E-state index contributed by atoms with van der Waals surface area (Å²) in [7, 11) is 2.31. The maximum absolute atomic E-state index is 6.06. The highest BCUT2D eigenvalue weighted by Gasteiger charge is 2.47. The molecule has 29 heavy (non-hydrogen) atoms. The zero-order chi connectivity index (χ0) is 19.3. The summed E-state index contributed by atoms with van der Waals surface area (Å²) in [5, 5.41) is 2.06. The number of thiazole rings is 1. The summed E-state index contributed by atoms with van der Waals surface area (Å²) in [6.07, 6.45) is 5.88. The maximum Gasteiger partial charge on any atom is 0.0983 e. The first-order chi connectivity index (χ1) is 13.6. The quantitative estimate of drug-likeness (QED) is 0.435. The topological polar surface area (TPSA) is 16.1 Å². The molecule has 0 saturated carbocycles. The van der Waals surface area contributed by atoms with E-state index in [0.717, 1.165) is 5.02 Å². The monoisotopic (exact) mass is 444 g/mol. The fourth-order valence-electron chi connectivity index (χ4n) is 5.15. The van der Waals surface area contributed by atoms with E-state index >= 15 is 0 Å². The smallest absolute Gasteiger partial charge is 0.0983 e. The average molecular weight is 445 g/mol. The van der Waals surface area contributed by atoms with Crippen LogP contribution < -0.4 is 0 Å². The van der Waals surface area contributed by atoms with E-state index in [1.165, 1.54) is 45.8 Å². The molecule has 5 heteroatoms. The van der Waals surface area contributed by atoms with Gasteiger partial charge in [-0.3, -0.25) is 4.90 Å². The van der Waals surface area contributed by atoms with Crippen molar-refractivity contribution >= 4 is 35.3 Å². The molecule has 0 radical (unpaired) electrons. The van der Waals surface area contributed by atoms with E-state index in [0.29, 0.717) is 23.9 Å². The number of nitrogens with zero attached hydrogens (tertiary/aromatic N) is 2. The Labute approximate surface area is 188 Å². The number of hydrogen-bond donors (Lipinski definition) is 0. The lowest BCUT2D eigenvalue weighted by Gasteiger charge is -2.42. The van der Waals surface area contributed by atoms with Gasteiger partial charge in [-0.15, -0.1) is 23.7 Å². The number of piperidine rings is 1. The predicted octanol–water partition coefficient (Wildman–Crippen LogP) is 6.93. The highest BCUT2D eigenvalue weighted by atomic mass is 35.5. The van der Waals surface area contributed by atoms with Crippen LogP contribution in [0.4, 0.5) is 0 Å². The van der Waals surface area contributed by atoms with Gasteiger partial charge in [0, 0.05) is 29.2 Å². The minimum atomic E-state index is 0. The van der Waals surface area contributed by atoms with E-state index < -0.39 is 0 Å². The van der Waals surface area contributed by atoms with Crippen LogP contribution in [0.2, 0.25) is 5.02 Å². The van der Waals surface area contributed by atoms with Gasteiger partial charge in [0.15, 0.2) is 0 Å². The SMILES string of the molecule is Cc1ccc([C@H]2C[C@@H]3CC[C@H]([C@H]2c2ncc(-c4ccc(Cl)cc4)s2)N3C)cc1.Cl. The van der Waals surface area contributed by atoms with Gasteiger partial charge in [-0.05, 0) is 62.4 Å². The Balaban J connectivity index is 0.00000205. The lowest BCUT2D eigenvalue weighted by molar-refractivity contribution is 0.137. The fourth-order valence-corrected chi connectivity index (χ4v) is 6.42. The van der Waals surface area contributed by atoms with Gasteiger partial charge < -0.3 is 0 Å². The number of likely N-dealkylation sites (N-methyl/N-ethyl adjacent to an activating group) is 1. The molecule has 4 atom stereocenters. The molecule has 2 aliphatic heterocycles. The Hall–Kier alpha value is -1.39. The lowest BCUT2D eigenvalue weighted by atomic mass is 9.76. The first-order valence-electron chi connectivity index (χ1n) is 10.1. The Morgan fingerprint density at radius 3 is 2.48 bits per heavy atom. The number of aryl methyl sites for hydroxylation is 1. The van der Waals surface area contributed by atoms with Crippen LogP contribution in [0.3, 0.4) is 0 Å². The number of aromatic nitrogens is 1. The number of halogens is 2. The third kappa shape index (κ3) is 3.86. The molecule has 1 aromatic heterocycles. The van der Waals surface area contributed by atoms with Gasteiger partial charge in [0.25, 0.3) is 0 Å². The Kier molecular flexibility index (Phi) is 6.04. The van der Waals surface area contributed by atoms with E-state index in [1.54, 1.807) is 0 Å². The van der Waals surface area contributed by atoms with Crippen molar-refractivity contribution in [2.24, 2.45) is 0 Å². The van der Waals surface area contributed by atoms with E-state index in [1.807, 2.05) is 23.5 Å². The highest BCUT2D eigenvalue weighted by Crippen LogP contribution is 2.52. The second-order valence-electron chi connectivity index (χ2n) is 8.31. The highest BCUT2D eigenvalue weighted by molar-refractivity contribution is 7.15. The molecule has 152 valence electrons. The fraction of sp³-hybridized carbons (Fsp3) is 0.375. The summed E-state index contributed by atoms with van der Waals surface area (Å²) in [5.74, 6) is 1.02. The molecular formula is C24H26Cl2N2S. The number of rotatable bonds is 3. The van der Waals surface area contributed by atoms with Crippen molar-refractivity contribution in [2.45, 2.75) is 50.1 Å². The lowest BCUT2D eigenvalue weighted by Crippen LogP contribution is -2.44. The molecule has 2 fully saturated rings. The molecule has 2 aliphatic rings. The van der Waals surface area contributed by atoms with Crippen molar-refractivity contribution in [3.63, 3.8) is 0 Å². The number of fused-ring (bicyclic) bond motifs is 2. The van der Waals surface area contributed by atoms with Gasteiger partial charge in [-0.1, -0.05) is 53.6 Å². The second-order valence-corrected chi connectivity index (χ2v) is 9.81. The van der Waals surface area contributed by atoms with Crippen LogP contribution in [-0.4, -0.2) is 29.0 Å². The molecule has 0 unspecified atom stereocenters. The van der Waals surface area contributed by atoms with Crippen molar-refractivity contribution in [3.05, 3.63) is 75.9 Å². The maximum atomic E-state index is 6.06. The number of benzene rings is 2. The molecule has 0 spiro atoms. The van der Waals surface area contributed by atoms with Crippen LogP contribution in [0, 0.1) is 6.92 Å². The molecular weight excluding hydrogens is 419 g/mol. The van der Waals surface area contributed by atoms with Crippen molar-refractivity contribution in [3.8, 4) is 10.4 Å². The molecule has 2 bridgehead atoms. The van der Waals surface area contributed by atoms with Gasteiger partial charge in [-0.25, -0.2) is 4.98 Å². The van der Waals surface area contributed by atoms with E-state index in [9.17, 15) is 0 Å². The van der Waals surface area contributed by atoms with E-state index in [4.69, 9.17) is 16.6 Å². The standard InChI is InChI=1S/C24H25ClN2S.ClH/c1-15-3-5-16(6-4-15)20-13-19-11-12-21(27(19)2)23(20)24-26-14-22(28-24)17-7-9-18(25)10-8-17;/h3-10,14,19-21,23H,11-13H2,1-2H3;1H/t19-,20+,21+,23-;/m0./s1. The predicted molar refractivity (Wildman–Crippen MR) is 126 cm³/mol. The summed E-state index contributed by atoms with van der Waals surface area (Å²) in [5.41, 5.74) is 4.01. The molecule has 0 N–H and O–H groups in total. The molecule has 2 nitrogen and oxygen atoms in total. The zero-order valence-corrected chi connectivity index (χ0v) is 19.1. The van der Waals surface area contributed by atoms with Crippen LogP contribution in [0.25, 0.3) is 10.4 Å². The average Bonchev–Trinajstić information content (AvgIpc) is 3.26. The zero-order valence-electron chi connectivity index (χ0n) is 16.7. The molecule has 5 rings (SSSR count). The molecule has 0 aliphatic carbocycles. The Morgan fingerprint density at radius 2 is 1.76 bits per heavy atom. The Bertz CT molecular complexity index is 967. The van der Waals surface area contributed by atoms with Gasteiger partial charge in [0.1, 0.15) is 0 Å². The molecule has 3 heterocycles. The first-order valence-corrected chi connectivity index (χ1v) is 11.3. The van der Waals surface area contributed by atoms with Crippen molar-refractivity contribution in [1.82, 2.24) is 9.88 Å². The summed E-state index contributed by atoms with van der Waals surface area (Å²) >= 11 is 7.92. The molecule has 2 saturated heterocycles. The molecule has 2 aromatic carbocycles. The largest absolute Gasteiger partial charge is 0.300 e. The van der Waals surface area contributed by atoms with Crippen LogP contribution in [-0.2, 0) is 0 Å². The van der Waals surface area contributed by atoms with Gasteiger partial charge >= 0.3 is 0 Å². The van der Waals surface area contributed by atoms with Crippen molar-refractivity contribution < 1.29 is 0 Å².